The quantitative estimate of drug-likeness (QED) is 0.830. The Hall–Kier alpha value is -2.49. The van der Waals surface area contributed by atoms with Crippen LogP contribution in [-0.4, -0.2) is 12.5 Å². The smallest absolute Gasteiger partial charge is 0.251 e. The van der Waals surface area contributed by atoms with Crippen molar-refractivity contribution in [3.8, 4) is 5.75 Å². The number of carbonyl (C=O) groups is 1. The van der Waals surface area contributed by atoms with Crippen molar-refractivity contribution in [3.63, 3.8) is 0 Å². The van der Waals surface area contributed by atoms with Gasteiger partial charge in [-0.3, -0.25) is 4.79 Å². The minimum Gasteiger partial charge on any atom is -0.494 e. The highest BCUT2D eigenvalue weighted by Crippen LogP contribution is 2.19. The van der Waals surface area contributed by atoms with E-state index in [1.807, 2.05) is 38.1 Å². The molecule has 0 bridgehead atoms. The maximum Gasteiger partial charge on any atom is 0.251 e. The molecular formula is C17H20N2O2. The van der Waals surface area contributed by atoms with Gasteiger partial charge >= 0.3 is 0 Å². The number of anilines is 1. The van der Waals surface area contributed by atoms with Crippen LogP contribution in [0.15, 0.2) is 42.5 Å². The summed E-state index contributed by atoms with van der Waals surface area (Å²) in [5, 5.41) is 2.90. The SMILES string of the molecule is CCOc1cc(N)cc(C(=O)NCc2ccccc2C)c1. The number of hydrogen-bond acceptors (Lipinski definition) is 3. The highest BCUT2D eigenvalue weighted by atomic mass is 16.5. The summed E-state index contributed by atoms with van der Waals surface area (Å²) < 4.78 is 5.40. The van der Waals surface area contributed by atoms with Gasteiger partial charge in [-0.25, -0.2) is 0 Å². The zero-order chi connectivity index (χ0) is 15.2. The van der Waals surface area contributed by atoms with Gasteiger partial charge in [-0.2, -0.15) is 0 Å². The second kappa shape index (κ2) is 6.79. The molecule has 0 aliphatic heterocycles. The van der Waals surface area contributed by atoms with Gasteiger partial charge in [-0.05, 0) is 37.1 Å². The maximum atomic E-state index is 12.2. The molecule has 0 fully saturated rings. The first-order chi connectivity index (χ1) is 10.1. The van der Waals surface area contributed by atoms with Crippen LogP contribution in [0.5, 0.6) is 5.75 Å². The number of benzene rings is 2. The molecule has 4 nitrogen and oxygen atoms in total. The Balaban J connectivity index is 2.08. The lowest BCUT2D eigenvalue weighted by Gasteiger charge is -2.10. The molecule has 3 N–H and O–H groups in total. The molecule has 0 saturated heterocycles. The van der Waals surface area contributed by atoms with Crippen molar-refractivity contribution >= 4 is 11.6 Å². The fourth-order valence-electron chi connectivity index (χ4n) is 2.09. The molecule has 0 aromatic heterocycles. The number of rotatable bonds is 5. The molecule has 0 aliphatic rings. The predicted octanol–water partition coefficient (Wildman–Crippen LogP) is 2.91. The number of ether oxygens (including phenoxy) is 1. The second-order valence-electron chi connectivity index (χ2n) is 4.83. The van der Waals surface area contributed by atoms with Crippen molar-refractivity contribution in [3.05, 3.63) is 59.2 Å². The average molecular weight is 284 g/mol. The van der Waals surface area contributed by atoms with E-state index in [0.717, 1.165) is 11.1 Å². The molecule has 0 radical (unpaired) electrons. The first kappa shape index (κ1) is 14.9. The molecule has 0 heterocycles. The standard InChI is InChI=1S/C17H20N2O2/c1-3-21-16-9-14(8-15(18)10-16)17(20)19-11-13-7-5-4-6-12(13)2/h4-10H,3,11,18H2,1-2H3,(H,19,20). The van der Waals surface area contributed by atoms with Gasteiger partial charge in [0.25, 0.3) is 5.91 Å². The summed E-state index contributed by atoms with van der Waals surface area (Å²) in [5.74, 6) is 0.449. The fraction of sp³-hybridized carbons (Fsp3) is 0.235. The van der Waals surface area contributed by atoms with Crippen LogP contribution in [0.25, 0.3) is 0 Å². The summed E-state index contributed by atoms with van der Waals surface area (Å²) in [6.07, 6.45) is 0. The summed E-state index contributed by atoms with van der Waals surface area (Å²) in [7, 11) is 0. The van der Waals surface area contributed by atoms with Crippen molar-refractivity contribution < 1.29 is 9.53 Å². The molecular weight excluding hydrogens is 264 g/mol. The molecule has 0 saturated carbocycles. The van der Waals surface area contributed by atoms with Crippen LogP contribution >= 0.6 is 0 Å². The molecule has 0 spiro atoms. The summed E-state index contributed by atoms with van der Waals surface area (Å²) in [6.45, 7) is 4.94. The Kier molecular flexibility index (Phi) is 4.82. The van der Waals surface area contributed by atoms with Crippen LogP contribution in [0.4, 0.5) is 5.69 Å². The van der Waals surface area contributed by atoms with E-state index in [-0.39, 0.29) is 5.91 Å². The topological polar surface area (TPSA) is 64.3 Å². The Morgan fingerprint density at radius 1 is 1.24 bits per heavy atom. The fourth-order valence-corrected chi connectivity index (χ4v) is 2.09. The van der Waals surface area contributed by atoms with E-state index in [4.69, 9.17) is 10.5 Å². The van der Waals surface area contributed by atoms with Gasteiger partial charge in [-0.15, -0.1) is 0 Å². The number of carbonyl (C=O) groups excluding carboxylic acids is 1. The van der Waals surface area contributed by atoms with Gasteiger partial charge in [0, 0.05) is 23.9 Å². The lowest BCUT2D eigenvalue weighted by molar-refractivity contribution is 0.0950. The van der Waals surface area contributed by atoms with E-state index in [2.05, 4.69) is 5.32 Å². The van der Waals surface area contributed by atoms with Crippen molar-refractivity contribution in [1.29, 1.82) is 0 Å². The molecule has 1 amide bonds. The normalized spacial score (nSPS) is 10.2. The lowest BCUT2D eigenvalue weighted by Crippen LogP contribution is -2.23. The van der Waals surface area contributed by atoms with Crippen LogP contribution in [0.1, 0.15) is 28.4 Å². The first-order valence-corrected chi connectivity index (χ1v) is 6.96. The monoisotopic (exact) mass is 284 g/mol. The van der Waals surface area contributed by atoms with Crippen molar-refractivity contribution in [2.75, 3.05) is 12.3 Å². The molecule has 0 aliphatic carbocycles. The minimum absolute atomic E-state index is 0.161. The van der Waals surface area contributed by atoms with Crippen LogP contribution in [-0.2, 0) is 6.54 Å². The highest BCUT2D eigenvalue weighted by Gasteiger charge is 2.09. The van der Waals surface area contributed by atoms with Gasteiger partial charge in [-0.1, -0.05) is 24.3 Å². The lowest BCUT2D eigenvalue weighted by atomic mass is 10.1. The summed E-state index contributed by atoms with van der Waals surface area (Å²) in [4.78, 5) is 12.2. The van der Waals surface area contributed by atoms with E-state index < -0.39 is 0 Å². The Morgan fingerprint density at radius 3 is 2.71 bits per heavy atom. The molecule has 0 unspecified atom stereocenters. The third-order valence-electron chi connectivity index (χ3n) is 3.20. The van der Waals surface area contributed by atoms with E-state index in [1.54, 1.807) is 18.2 Å². The van der Waals surface area contributed by atoms with Gasteiger partial charge in [0.05, 0.1) is 6.61 Å². The van der Waals surface area contributed by atoms with Gasteiger partial charge < -0.3 is 15.8 Å². The molecule has 2 aromatic rings. The van der Waals surface area contributed by atoms with E-state index in [0.29, 0.717) is 30.2 Å². The molecule has 0 atom stereocenters. The number of nitrogens with one attached hydrogen (secondary N) is 1. The minimum atomic E-state index is -0.161. The van der Waals surface area contributed by atoms with Crippen LogP contribution in [0, 0.1) is 6.92 Å². The van der Waals surface area contributed by atoms with Gasteiger partial charge in [0.2, 0.25) is 0 Å². The van der Waals surface area contributed by atoms with Crippen LogP contribution < -0.4 is 15.8 Å². The van der Waals surface area contributed by atoms with E-state index >= 15 is 0 Å². The van der Waals surface area contributed by atoms with Crippen LogP contribution in [0.3, 0.4) is 0 Å². The Bertz CT molecular complexity index is 638. The van der Waals surface area contributed by atoms with E-state index in [1.165, 1.54) is 0 Å². The molecule has 2 aromatic carbocycles. The van der Waals surface area contributed by atoms with Gasteiger partial charge in [0.1, 0.15) is 5.75 Å². The Morgan fingerprint density at radius 2 is 2.00 bits per heavy atom. The second-order valence-corrected chi connectivity index (χ2v) is 4.83. The average Bonchev–Trinajstić information content (AvgIpc) is 2.46. The zero-order valence-electron chi connectivity index (χ0n) is 12.3. The zero-order valence-corrected chi connectivity index (χ0v) is 12.3. The third kappa shape index (κ3) is 3.99. The summed E-state index contributed by atoms with van der Waals surface area (Å²) in [5.41, 5.74) is 9.07. The summed E-state index contributed by atoms with van der Waals surface area (Å²) in [6, 6.07) is 13.0. The maximum absolute atomic E-state index is 12.2. The van der Waals surface area contributed by atoms with Crippen molar-refractivity contribution in [2.45, 2.75) is 20.4 Å². The molecule has 21 heavy (non-hydrogen) atoms. The third-order valence-corrected chi connectivity index (χ3v) is 3.20. The van der Waals surface area contributed by atoms with Crippen LogP contribution in [0.2, 0.25) is 0 Å². The molecule has 2 rings (SSSR count). The van der Waals surface area contributed by atoms with Crippen molar-refractivity contribution in [2.24, 2.45) is 0 Å². The Labute approximate surface area is 124 Å². The molecule has 110 valence electrons. The van der Waals surface area contributed by atoms with E-state index in [9.17, 15) is 4.79 Å². The van der Waals surface area contributed by atoms with Crippen molar-refractivity contribution in [1.82, 2.24) is 5.32 Å². The molecule has 4 heteroatoms. The number of nitrogen functional groups attached to an aromatic ring is 1. The largest absolute Gasteiger partial charge is 0.494 e. The summed E-state index contributed by atoms with van der Waals surface area (Å²) >= 11 is 0. The number of hydrogen-bond donors (Lipinski definition) is 2. The number of aryl methyl sites for hydroxylation is 1. The number of nitrogens with two attached hydrogens (primary N) is 1. The predicted molar refractivity (Wildman–Crippen MR) is 84.4 cm³/mol. The van der Waals surface area contributed by atoms with Gasteiger partial charge in [0.15, 0.2) is 0 Å². The highest BCUT2D eigenvalue weighted by molar-refractivity contribution is 5.95. The number of amides is 1. The first-order valence-electron chi connectivity index (χ1n) is 6.96.